The average Bonchev–Trinajstić information content (AvgIpc) is 2.85. The lowest BCUT2D eigenvalue weighted by Gasteiger charge is -2.29. The zero-order valence-corrected chi connectivity index (χ0v) is 9.82. The molecule has 0 aromatic carbocycles. The van der Waals surface area contributed by atoms with Gasteiger partial charge in [-0.1, -0.05) is 13.8 Å². The molecular weight excluding hydrogens is 206 g/mol. The summed E-state index contributed by atoms with van der Waals surface area (Å²) in [4.78, 5) is 11.6. The Labute approximate surface area is 95.7 Å². The van der Waals surface area contributed by atoms with E-state index in [9.17, 15) is 9.90 Å². The largest absolute Gasteiger partial charge is 0.472 e. The van der Waals surface area contributed by atoms with Gasteiger partial charge in [-0.3, -0.25) is 4.79 Å². The molecule has 2 N–H and O–H groups in total. The summed E-state index contributed by atoms with van der Waals surface area (Å²) in [5, 5.41) is 12.2. The number of rotatable bonds is 6. The fourth-order valence-electron chi connectivity index (χ4n) is 1.54. The van der Waals surface area contributed by atoms with Crippen molar-refractivity contribution in [3.8, 4) is 0 Å². The highest BCUT2D eigenvalue weighted by Gasteiger charge is 2.25. The van der Waals surface area contributed by atoms with Gasteiger partial charge in [0, 0.05) is 12.0 Å². The molecule has 0 aliphatic carbocycles. The van der Waals surface area contributed by atoms with Crippen LogP contribution in [0.1, 0.15) is 37.0 Å². The van der Waals surface area contributed by atoms with Crippen molar-refractivity contribution in [1.82, 2.24) is 5.32 Å². The van der Waals surface area contributed by atoms with Crippen molar-refractivity contribution in [3.05, 3.63) is 24.2 Å². The maximum atomic E-state index is 11.6. The third-order valence-electron chi connectivity index (χ3n) is 3.24. The fraction of sp³-hybridized carbons (Fsp3) is 0.583. The van der Waals surface area contributed by atoms with Crippen LogP contribution in [0, 0.1) is 5.41 Å². The lowest BCUT2D eigenvalue weighted by Crippen LogP contribution is -2.39. The van der Waals surface area contributed by atoms with Gasteiger partial charge in [0.05, 0.1) is 18.4 Å². The molecule has 16 heavy (non-hydrogen) atoms. The summed E-state index contributed by atoms with van der Waals surface area (Å²) in [6, 6.07) is 1.62. The minimum Gasteiger partial charge on any atom is -0.472 e. The van der Waals surface area contributed by atoms with Crippen molar-refractivity contribution in [2.45, 2.75) is 26.7 Å². The Kier molecular flexibility index (Phi) is 4.55. The summed E-state index contributed by atoms with van der Waals surface area (Å²) in [5.74, 6) is -0.159. The first kappa shape index (κ1) is 12.8. The first-order valence-electron chi connectivity index (χ1n) is 5.58. The molecule has 0 radical (unpaired) electrons. The van der Waals surface area contributed by atoms with Gasteiger partial charge in [-0.05, 0) is 18.9 Å². The van der Waals surface area contributed by atoms with E-state index in [1.165, 1.54) is 12.5 Å². The molecule has 0 saturated carbocycles. The zero-order chi connectivity index (χ0) is 12.0. The highest BCUT2D eigenvalue weighted by molar-refractivity contribution is 5.93. The lowest BCUT2D eigenvalue weighted by molar-refractivity contribution is 0.0850. The Morgan fingerprint density at radius 2 is 2.19 bits per heavy atom. The Hall–Kier alpha value is -1.29. The van der Waals surface area contributed by atoms with E-state index >= 15 is 0 Å². The third-order valence-corrected chi connectivity index (χ3v) is 3.24. The first-order chi connectivity index (χ1) is 7.67. The van der Waals surface area contributed by atoms with Crippen molar-refractivity contribution < 1.29 is 14.3 Å². The quantitative estimate of drug-likeness (QED) is 0.776. The van der Waals surface area contributed by atoms with Crippen LogP contribution in [0.5, 0.6) is 0 Å². The van der Waals surface area contributed by atoms with Gasteiger partial charge in [0.15, 0.2) is 0 Å². The van der Waals surface area contributed by atoms with Gasteiger partial charge in [-0.2, -0.15) is 0 Å². The number of aliphatic hydroxyl groups is 1. The standard InChI is InChI=1S/C12H19NO3/c1-3-12(4-2,9-14)8-13-11(15)10-5-6-16-7-10/h5-7,14H,3-4,8-9H2,1-2H3,(H,13,15). The van der Waals surface area contributed by atoms with Crippen LogP contribution >= 0.6 is 0 Å². The topological polar surface area (TPSA) is 62.5 Å². The lowest BCUT2D eigenvalue weighted by atomic mass is 9.83. The van der Waals surface area contributed by atoms with Crippen LogP contribution in [0.3, 0.4) is 0 Å². The number of amides is 1. The molecule has 1 heterocycles. The molecule has 1 amide bonds. The maximum Gasteiger partial charge on any atom is 0.254 e. The third kappa shape index (κ3) is 2.85. The van der Waals surface area contributed by atoms with Gasteiger partial charge in [0.2, 0.25) is 0 Å². The number of furan rings is 1. The van der Waals surface area contributed by atoms with Crippen LogP contribution in [-0.4, -0.2) is 24.2 Å². The second-order valence-electron chi connectivity index (χ2n) is 4.06. The number of carbonyl (C=O) groups excluding carboxylic acids is 1. The molecular formula is C12H19NO3. The van der Waals surface area contributed by atoms with E-state index in [4.69, 9.17) is 4.42 Å². The minimum atomic E-state index is -0.209. The van der Waals surface area contributed by atoms with Gasteiger partial charge in [0.1, 0.15) is 6.26 Å². The van der Waals surface area contributed by atoms with E-state index in [-0.39, 0.29) is 17.9 Å². The molecule has 0 unspecified atom stereocenters. The summed E-state index contributed by atoms with van der Waals surface area (Å²) in [7, 11) is 0. The SMILES string of the molecule is CCC(CC)(CO)CNC(=O)c1ccoc1. The van der Waals surface area contributed by atoms with Gasteiger partial charge in [0.25, 0.3) is 5.91 Å². The minimum absolute atomic E-state index is 0.0890. The Morgan fingerprint density at radius 3 is 2.62 bits per heavy atom. The van der Waals surface area contributed by atoms with Crippen LogP contribution < -0.4 is 5.32 Å². The van der Waals surface area contributed by atoms with Crippen molar-refractivity contribution in [1.29, 1.82) is 0 Å². The molecule has 4 nitrogen and oxygen atoms in total. The number of aliphatic hydroxyl groups excluding tert-OH is 1. The Bertz CT molecular complexity index is 307. The van der Waals surface area contributed by atoms with E-state index in [1.54, 1.807) is 6.07 Å². The van der Waals surface area contributed by atoms with E-state index in [0.29, 0.717) is 12.1 Å². The summed E-state index contributed by atoms with van der Waals surface area (Å²) in [5.41, 5.74) is 0.304. The number of hydrogen-bond acceptors (Lipinski definition) is 3. The second-order valence-corrected chi connectivity index (χ2v) is 4.06. The molecule has 0 aliphatic heterocycles. The number of nitrogens with one attached hydrogen (secondary N) is 1. The second kappa shape index (κ2) is 5.70. The molecule has 0 fully saturated rings. The Morgan fingerprint density at radius 1 is 1.50 bits per heavy atom. The molecule has 1 rings (SSSR count). The molecule has 1 aromatic rings. The van der Waals surface area contributed by atoms with E-state index in [0.717, 1.165) is 12.8 Å². The normalized spacial score (nSPS) is 11.4. The van der Waals surface area contributed by atoms with Gasteiger partial charge in [-0.15, -0.1) is 0 Å². The van der Waals surface area contributed by atoms with Crippen LogP contribution in [0.25, 0.3) is 0 Å². The number of hydrogen-bond donors (Lipinski definition) is 2. The highest BCUT2D eigenvalue weighted by Crippen LogP contribution is 2.24. The maximum absolute atomic E-state index is 11.6. The molecule has 90 valence electrons. The van der Waals surface area contributed by atoms with Crippen LogP contribution in [0.15, 0.2) is 23.0 Å². The summed E-state index contributed by atoms with van der Waals surface area (Å²) >= 11 is 0. The predicted molar refractivity (Wildman–Crippen MR) is 61.1 cm³/mol. The van der Waals surface area contributed by atoms with E-state index in [1.807, 2.05) is 13.8 Å². The monoisotopic (exact) mass is 225 g/mol. The molecule has 0 spiro atoms. The van der Waals surface area contributed by atoms with Gasteiger partial charge in [-0.25, -0.2) is 0 Å². The number of carbonyl (C=O) groups is 1. The van der Waals surface area contributed by atoms with Crippen molar-refractivity contribution in [2.24, 2.45) is 5.41 Å². The highest BCUT2D eigenvalue weighted by atomic mass is 16.3. The summed E-state index contributed by atoms with van der Waals surface area (Å²) in [6.07, 6.45) is 4.55. The molecule has 0 bridgehead atoms. The van der Waals surface area contributed by atoms with Gasteiger partial charge >= 0.3 is 0 Å². The molecule has 0 atom stereocenters. The first-order valence-corrected chi connectivity index (χ1v) is 5.58. The zero-order valence-electron chi connectivity index (χ0n) is 9.82. The Balaban J connectivity index is 2.53. The molecule has 0 aliphatic rings. The van der Waals surface area contributed by atoms with E-state index < -0.39 is 0 Å². The summed E-state index contributed by atoms with van der Waals surface area (Å²) < 4.78 is 4.84. The van der Waals surface area contributed by atoms with E-state index in [2.05, 4.69) is 5.32 Å². The molecule has 1 aromatic heterocycles. The van der Waals surface area contributed by atoms with Crippen LogP contribution in [-0.2, 0) is 0 Å². The van der Waals surface area contributed by atoms with Crippen molar-refractivity contribution in [3.63, 3.8) is 0 Å². The van der Waals surface area contributed by atoms with Crippen LogP contribution in [0.2, 0.25) is 0 Å². The summed E-state index contributed by atoms with van der Waals surface area (Å²) in [6.45, 7) is 4.61. The van der Waals surface area contributed by atoms with Crippen molar-refractivity contribution in [2.75, 3.05) is 13.2 Å². The van der Waals surface area contributed by atoms with Crippen LogP contribution in [0.4, 0.5) is 0 Å². The molecule has 4 heteroatoms. The fourth-order valence-corrected chi connectivity index (χ4v) is 1.54. The predicted octanol–water partition coefficient (Wildman–Crippen LogP) is 1.81. The average molecular weight is 225 g/mol. The van der Waals surface area contributed by atoms with Gasteiger partial charge < -0.3 is 14.8 Å². The molecule has 0 saturated heterocycles. The smallest absolute Gasteiger partial charge is 0.254 e. The van der Waals surface area contributed by atoms with Crippen molar-refractivity contribution >= 4 is 5.91 Å².